The van der Waals surface area contributed by atoms with E-state index < -0.39 is 11.4 Å². The van der Waals surface area contributed by atoms with E-state index in [4.69, 9.17) is 16.7 Å². The molecule has 0 bridgehead atoms. The van der Waals surface area contributed by atoms with Crippen LogP contribution in [0.5, 0.6) is 0 Å². The second-order valence-corrected chi connectivity index (χ2v) is 3.41. The SMILES string of the molecule is CC(N)(N=[N+]=[N-])C(=O)C(=N)c1ccccc1. The molecular weight excluding hydrogens is 206 g/mol. The Morgan fingerprint density at radius 2 is 2.06 bits per heavy atom. The van der Waals surface area contributed by atoms with Crippen LogP contribution < -0.4 is 5.73 Å². The zero-order valence-corrected chi connectivity index (χ0v) is 8.71. The van der Waals surface area contributed by atoms with E-state index in [0.29, 0.717) is 5.56 Å². The van der Waals surface area contributed by atoms with Crippen LogP contribution >= 0.6 is 0 Å². The quantitative estimate of drug-likeness (QED) is 0.345. The molecule has 1 atom stereocenters. The van der Waals surface area contributed by atoms with Gasteiger partial charge in [0, 0.05) is 10.5 Å². The predicted octanol–water partition coefficient (Wildman–Crippen LogP) is 1.61. The Hall–Kier alpha value is -2.17. The number of nitrogens with zero attached hydrogens (tertiary/aromatic N) is 3. The van der Waals surface area contributed by atoms with Gasteiger partial charge in [-0.25, -0.2) is 0 Å². The number of nitrogens with two attached hydrogens (primary N) is 1. The summed E-state index contributed by atoms with van der Waals surface area (Å²) in [4.78, 5) is 14.2. The molecule has 1 aromatic rings. The third-order valence-corrected chi connectivity index (χ3v) is 2.00. The standard InChI is InChI=1S/C10H11N5O/c1-10(12,14-15-13)9(16)8(11)7-5-3-2-4-6-7/h2-6,11H,12H2,1H3. The van der Waals surface area contributed by atoms with Crippen molar-refractivity contribution >= 4 is 11.5 Å². The second kappa shape index (κ2) is 4.57. The summed E-state index contributed by atoms with van der Waals surface area (Å²) in [6.45, 7) is 1.27. The van der Waals surface area contributed by atoms with Crippen molar-refractivity contribution in [3.8, 4) is 0 Å². The molecule has 3 N–H and O–H groups in total. The van der Waals surface area contributed by atoms with Crippen molar-refractivity contribution in [1.29, 1.82) is 5.41 Å². The van der Waals surface area contributed by atoms with E-state index in [9.17, 15) is 4.79 Å². The fraction of sp³-hybridized carbons (Fsp3) is 0.200. The van der Waals surface area contributed by atoms with E-state index in [1.807, 2.05) is 0 Å². The van der Waals surface area contributed by atoms with Gasteiger partial charge < -0.3 is 5.73 Å². The molecule has 0 aliphatic carbocycles. The van der Waals surface area contributed by atoms with Gasteiger partial charge in [-0.2, -0.15) is 0 Å². The lowest BCUT2D eigenvalue weighted by Gasteiger charge is -2.16. The van der Waals surface area contributed by atoms with E-state index in [-0.39, 0.29) is 5.71 Å². The van der Waals surface area contributed by atoms with Gasteiger partial charge in [-0.1, -0.05) is 35.4 Å². The minimum atomic E-state index is -1.72. The van der Waals surface area contributed by atoms with Crippen LogP contribution in [0.25, 0.3) is 10.4 Å². The first-order chi connectivity index (χ1) is 7.49. The largest absolute Gasteiger partial charge is 0.314 e. The highest BCUT2D eigenvalue weighted by molar-refractivity contribution is 6.47. The first kappa shape index (κ1) is 11.9. The first-order valence-corrected chi connectivity index (χ1v) is 4.53. The zero-order valence-electron chi connectivity index (χ0n) is 8.71. The average Bonchev–Trinajstić information content (AvgIpc) is 2.28. The summed E-state index contributed by atoms with van der Waals surface area (Å²) in [6.07, 6.45) is 0. The summed E-state index contributed by atoms with van der Waals surface area (Å²) in [5.41, 5.74) is 12.2. The average molecular weight is 217 g/mol. The Morgan fingerprint density at radius 3 is 2.56 bits per heavy atom. The Morgan fingerprint density at radius 1 is 1.50 bits per heavy atom. The Kier molecular flexibility index (Phi) is 3.40. The zero-order chi connectivity index (χ0) is 12.2. The number of benzene rings is 1. The molecule has 0 aromatic heterocycles. The number of hydrogen-bond donors (Lipinski definition) is 2. The van der Waals surface area contributed by atoms with Gasteiger partial charge in [-0.3, -0.25) is 10.2 Å². The minimum Gasteiger partial charge on any atom is -0.314 e. The molecule has 0 aliphatic heterocycles. The summed E-state index contributed by atoms with van der Waals surface area (Å²) >= 11 is 0. The molecule has 0 saturated heterocycles. The van der Waals surface area contributed by atoms with Crippen LogP contribution in [0.15, 0.2) is 35.4 Å². The van der Waals surface area contributed by atoms with E-state index in [1.54, 1.807) is 30.3 Å². The monoisotopic (exact) mass is 217 g/mol. The van der Waals surface area contributed by atoms with Crippen molar-refractivity contribution in [2.45, 2.75) is 12.6 Å². The van der Waals surface area contributed by atoms with Gasteiger partial charge in [0.05, 0.1) is 0 Å². The number of azide groups is 1. The summed E-state index contributed by atoms with van der Waals surface area (Å²) in [5, 5.41) is 10.8. The molecule has 0 fully saturated rings. The summed E-state index contributed by atoms with van der Waals surface area (Å²) in [6, 6.07) is 8.42. The van der Waals surface area contributed by atoms with Gasteiger partial charge in [0.2, 0.25) is 5.78 Å². The number of Topliss-reactive ketones (excluding diaryl/α,β-unsaturated/α-hetero) is 1. The predicted molar refractivity (Wildman–Crippen MR) is 60.0 cm³/mol. The summed E-state index contributed by atoms with van der Waals surface area (Å²) < 4.78 is 0. The molecule has 1 aromatic carbocycles. The number of ketones is 1. The summed E-state index contributed by atoms with van der Waals surface area (Å²) in [5.74, 6) is -0.712. The third kappa shape index (κ3) is 2.44. The van der Waals surface area contributed by atoms with E-state index >= 15 is 0 Å². The number of carbonyl (C=O) groups excluding carboxylic acids is 1. The van der Waals surface area contributed by atoms with Gasteiger partial charge in [-0.15, -0.1) is 0 Å². The lowest BCUT2D eigenvalue weighted by atomic mass is 9.99. The van der Waals surface area contributed by atoms with Gasteiger partial charge >= 0.3 is 0 Å². The minimum absolute atomic E-state index is 0.266. The fourth-order valence-electron chi connectivity index (χ4n) is 1.13. The van der Waals surface area contributed by atoms with E-state index in [0.717, 1.165) is 0 Å². The highest BCUT2D eigenvalue weighted by atomic mass is 16.1. The van der Waals surface area contributed by atoms with E-state index in [1.165, 1.54) is 6.92 Å². The molecular formula is C10H11N5O. The topological polar surface area (TPSA) is 116 Å². The molecule has 6 heteroatoms. The van der Waals surface area contributed by atoms with Gasteiger partial charge in [-0.05, 0) is 12.5 Å². The molecule has 1 unspecified atom stereocenters. The Bertz CT molecular complexity index is 459. The third-order valence-electron chi connectivity index (χ3n) is 2.00. The number of nitrogens with one attached hydrogen (secondary N) is 1. The number of carbonyl (C=O) groups is 1. The molecule has 82 valence electrons. The van der Waals surface area contributed by atoms with Crippen LogP contribution in [0.2, 0.25) is 0 Å². The fourth-order valence-corrected chi connectivity index (χ4v) is 1.13. The lowest BCUT2D eigenvalue weighted by Crippen LogP contribution is -2.46. The Balaban J connectivity index is 3.00. The molecule has 1 rings (SSSR count). The molecule has 0 spiro atoms. The van der Waals surface area contributed by atoms with Crippen LogP contribution in [0, 0.1) is 5.41 Å². The molecule has 6 nitrogen and oxygen atoms in total. The second-order valence-electron chi connectivity index (χ2n) is 3.41. The lowest BCUT2D eigenvalue weighted by molar-refractivity contribution is -0.117. The Labute approximate surface area is 92.2 Å². The van der Waals surface area contributed by atoms with Crippen LogP contribution in [-0.2, 0) is 4.79 Å². The highest BCUT2D eigenvalue weighted by Crippen LogP contribution is 2.09. The first-order valence-electron chi connectivity index (χ1n) is 4.53. The van der Waals surface area contributed by atoms with Crippen molar-refractivity contribution in [2.75, 3.05) is 0 Å². The van der Waals surface area contributed by atoms with Crippen molar-refractivity contribution in [1.82, 2.24) is 0 Å². The molecule has 16 heavy (non-hydrogen) atoms. The van der Waals surface area contributed by atoms with Crippen molar-refractivity contribution < 1.29 is 4.79 Å². The highest BCUT2D eigenvalue weighted by Gasteiger charge is 2.30. The van der Waals surface area contributed by atoms with Gasteiger partial charge in [0.1, 0.15) is 5.71 Å². The molecule has 0 heterocycles. The van der Waals surface area contributed by atoms with Crippen LogP contribution in [0.4, 0.5) is 0 Å². The van der Waals surface area contributed by atoms with Crippen LogP contribution in [0.1, 0.15) is 12.5 Å². The van der Waals surface area contributed by atoms with Gasteiger partial charge in [0.15, 0.2) is 5.66 Å². The van der Waals surface area contributed by atoms with Crippen molar-refractivity contribution in [3.63, 3.8) is 0 Å². The summed E-state index contributed by atoms with van der Waals surface area (Å²) in [7, 11) is 0. The molecule has 0 radical (unpaired) electrons. The molecule has 0 amide bonds. The maximum Gasteiger partial charge on any atom is 0.206 e. The normalized spacial score (nSPS) is 13.4. The molecule has 0 aliphatic rings. The smallest absolute Gasteiger partial charge is 0.206 e. The maximum atomic E-state index is 11.7. The number of hydrogen-bond acceptors (Lipinski definition) is 4. The van der Waals surface area contributed by atoms with Crippen LogP contribution in [-0.4, -0.2) is 17.2 Å². The van der Waals surface area contributed by atoms with E-state index in [2.05, 4.69) is 10.0 Å². The van der Waals surface area contributed by atoms with Crippen molar-refractivity contribution in [2.24, 2.45) is 10.8 Å². The molecule has 0 saturated carbocycles. The van der Waals surface area contributed by atoms with Crippen molar-refractivity contribution in [3.05, 3.63) is 46.3 Å². The maximum absolute atomic E-state index is 11.7. The number of rotatable bonds is 4. The van der Waals surface area contributed by atoms with Crippen LogP contribution in [0.3, 0.4) is 0 Å². The van der Waals surface area contributed by atoms with Gasteiger partial charge in [0.25, 0.3) is 0 Å².